The van der Waals surface area contributed by atoms with Crippen LogP contribution in [-0.2, 0) is 19.6 Å². The quantitative estimate of drug-likeness (QED) is 0.601. The van der Waals surface area contributed by atoms with Crippen LogP contribution < -0.4 is 9.64 Å². The number of nitrogens with zero attached hydrogens (tertiary/aromatic N) is 2. The fourth-order valence-corrected chi connectivity index (χ4v) is 4.88. The molecule has 0 spiro atoms. The predicted molar refractivity (Wildman–Crippen MR) is 116 cm³/mol. The van der Waals surface area contributed by atoms with Crippen LogP contribution in [0.2, 0.25) is 5.02 Å². The van der Waals surface area contributed by atoms with Gasteiger partial charge in [0.25, 0.3) is 0 Å². The van der Waals surface area contributed by atoms with Crippen LogP contribution in [0.15, 0.2) is 47.4 Å². The Balaban J connectivity index is 1.62. The smallest absolute Gasteiger partial charge is 0.344 e. The van der Waals surface area contributed by atoms with Gasteiger partial charge < -0.3 is 14.4 Å². The average Bonchev–Trinajstić information content (AvgIpc) is 2.74. The van der Waals surface area contributed by atoms with E-state index < -0.39 is 16.0 Å². The first-order valence-corrected chi connectivity index (χ1v) is 11.5. The van der Waals surface area contributed by atoms with Crippen molar-refractivity contribution >= 4 is 33.3 Å². The minimum Gasteiger partial charge on any atom is -0.482 e. The lowest BCUT2D eigenvalue weighted by Crippen LogP contribution is -2.48. The van der Waals surface area contributed by atoms with Crippen LogP contribution in [0.3, 0.4) is 0 Å². The summed E-state index contributed by atoms with van der Waals surface area (Å²) in [6.45, 7) is 5.73. The SMILES string of the molecule is CCOC(=O)COc1ccc(S(=O)(=O)N2CCN(c3cc(Cl)ccc3C)CC2)cc1. The van der Waals surface area contributed by atoms with Gasteiger partial charge in [0, 0.05) is 36.9 Å². The zero-order valence-corrected chi connectivity index (χ0v) is 18.6. The molecule has 30 heavy (non-hydrogen) atoms. The summed E-state index contributed by atoms with van der Waals surface area (Å²) in [6.07, 6.45) is 0. The Morgan fingerprint density at radius 2 is 1.73 bits per heavy atom. The first kappa shape index (κ1) is 22.4. The van der Waals surface area contributed by atoms with E-state index in [1.54, 1.807) is 6.92 Å². The molecule has 1 aliphatic heterocycles. The molecule has 2 aromatic carbocycles. The van der Waals surface area contributed by atoms with Crippen LogP contribution >= 0.6 is 11.6 Å². The summed E-state index contributed by atoms with van der Waals surface area (Å²) in [4.78, 5) is 13.7. The highest BCUT2D eigenvalue weighted by Gasteiger charge is 2.29. The third kappa shape index (κ3) is 5.24. The second kappa shape index (κ2) is 9.68. The maximum atomic E-state index is 13.0. The van der Waals surface area contributed by atoms with E-state index in [9.17, 15) is 13.2 Å². The average molecular weight is 453 g/mol. The fourth-order valence-electron chi connectivity index (χ4n) is 3.29. The predicted octanol–water partition coefficient (Wildman–Crippen LogP) is 3.10. The number of benzene rings is 2. The van der Waals surface area contributed by atoms with E-state index in [4.69, 9.17) is 21.1 Å². The molecule has 0 amide bonds. The summed E-state index contributed by atoms with van der Waals surface area (Å²) >= 11 is 6.12. The number of sulfonamides is 1. The number of anilines is 1. The van der Waals surface area contributed by atoms with Crippen LogP contribution in [-0.4, -0.2) is 58.1 Å². The van der Waals surface area contributed by atoms with Gasteiger partial charge >= 0.3 is 5.97 Å². The standard InChI is InChI=1S/C21H25ClN2O5S/c1-3-28-21(25)15-29-18-6-8-19(9-7-18)30(26,27)24-12-10-23(11-13-24)20-14-17(22)5-4-16(20)2/h4-9,14H,3,10-13,15H2,1-2H3. The molecule has 1 aliphatic rings. The van der Waals surface area contributed by atoms with Crippen molar-refractivity contribution in [2.45, 2.75) is 18.7 Å². The lowest BCUT2D eigenvalue weighted by atomic mass is 10.1. The fraction of sp³-hybridized carbons (Fsp3) is 0.381. The van der Waals surface area contributed by atoms with Crippen molar-refractivity contribution in [2.24, 2.45) is 0 Å². The van der Waals surface area contributed by atoms with E-state index in [-0.39, 0.29) is 18.1 Å². The minimum absolute atomic E-state index is 0.193. The molecule has 0 aliphatic carbocycles. The van der Waals surface area contributed by atoms with E-state index in [1.807, 2.05) is 25.1 Å². The van der Waals surface area contributed by atoms with Crippen molar-refractivity contribution < 1.29 is 22.7 Å². The number of aryl methyl sites for hydroxylation is 1. The largest absolute Gasteiger partial charge is 0.482 e. The summed E-state index contributed by atoms with van der Waals surface area (Å²) in [5.41, 5.74) is 2.14. The van der Waals surface area contributed by atoms with Gasteiger partial charge in [0.05, 0.1) is 11.5 Å². The number of piperazine rings is 1. The molecule has 0 aromatic heterocycles. The number of carbonyl (C=O) groups excluding carboxylic acids is 1. The number of ether oxygens (including phenoxy) is 2. The number of halogens is 1. The topological polar surface area (TPSA) is 76.1 Å². The van der Waals surface area contributed by atoms with Crippen LogP contribution in [0.4, 0.5) is 5.69 Å². The second-order valence-corrected chi connectivity index (χ2v) is 9.26. The zero-order valence-electron chi connectivity index (χ0n) is 17.0. The molecule has 0 unspecified atom stereocenters. The lowest BCUT2D eigenvalue weighted by molar-refractivity contribution is -0.145. The van der Waals surface area contributed by atoms with E-state index in [0.717, 1.165) is 11.3 Å². The summed E-state index contributed by atoms with van der Waals surface area (Å²) < 4.78 is 37.6. The van der Waals surface area contributed by atoms with Crippen molar-refractivity contribution in [1.82, 2.24) is 4.31 Å². The van der Waals surface area contributed by atoms with E-state index in [0.29, 0.717) is 37.0 Å². The molecular weight excluding hydrogens is 428 g/mol. The molecule has 162 valence electrons. The Hall–Kier alpha value is -2.29. The second-order valence-electron chi connectivity index (χ2n) is 6.89. The highest BCUT2D eigenvalue weighted by Crippen LogP contribution is 2.27. The Morgan fingerprint density at radius 1 is 1.07 bits per heavy atom. The normalized spacial score (nSPS) is 15.1. The van der Waals surface area contributed by atoms with E-state index in [2.05, 4.69) is 4.90 Å². The highest BCUT2D eigenvalue weighted by atomic mass is 35.5. The molecule has 1 heterocycles. The molecule has 7 nitrogen and oxygen atoms in total. The molecule has 0 N–H and O–H groups in total. The van der Waals surface area contributed by atoms with Crippen LogP contribution in [0, 0.1) is 6.92 Å². The molecule has 0 atom stereocenters. The van der Waals surface area contributed by atoms with Gasteiger partial charge in [-0.2, -0.15) is 4.31 Å². The van der Waals surface area contributed by atoms with Gasteiger partial charge in [0.15, 0.2) is 6.61 Å². The third-order valence-corrected chi connectivity index (χ3v) is 7.02. The Bertz CT molecular complexity index is 987. The molecular formula is C21H25ClN2O5S. The lowest BCUT2D eigenvalue weighted by Gasteiger charge is -2.36. The van der Waals surface area contributed by atoms with Gasteiger partial charge in [-0.25, -0.2) is 13.2 Å². The summed E-state index contributed by atoms with van der Waals surface area (Å²) in [5.74, 6) is -0.0646. The molecule has 0 saturated carbocycles. The number of rotatable bonds is 7. The van der Waals surface area contributed by atoms with Crippen molar-refractivity contribution in [1.29, 1.82) is 0 Å². The van der Waals surface area contributed by atoms with Gasteiger partial charge in [0.2, 0.25) is 10.0 Å². The van der Waals surface area contributed by atoms with Crippen molar-refractivity contribution in [2.75, 3.05) is 44.3 Å². The maximum Gasteiger partial charge on any atom is 0.344 e. The Morgan fingerprint density at radius 3 is 2.37 bits per heavy atom. The van der Waals surface area contributed by atoms with Gasteiger partial charge in [-0.15, -0.1) is 0 Å². The van der Waals surface area contributed by atoms with Crippen molar-refractivity contribution in [3.8, 4) is 5.75 Å². The monoisotopic (exact) mass is 452 g/mol. The van der Waals surface area contributed by atoms with Crippen LogP contribution in [0.5, 0.6) is 5.75 Å². The van der Waals surface area contributed by atoms with Crippen LogP contribution in [0.25, 0.3) is 0 Å². The molecule has 0 bridgehead atoms. The molecule has 1 saturated heterocycles. The molecule has 9 heteroatoms. The molecule has 0 radical (unpaired) electrons. The van der Waals surface area contributed by atoms with E-state index >= 15 is 0 Å². The summed E-state index contributed by atoms with van der Waals surface area (Å²) in [7, 11) is -3.61. The van der Waals surface area contributed by atoms with Gasteiger partial charge in [0.1, 0.15) is 5.75 Å². The summed E-state index contributed by atoms with van der Waals surface area (Å²) in [6, 6.07) is 11.8. The van der Waals surface area contributed by atoms with Gasteiger partial charge in [-0.05, 0) is 55.8 Å². The molecule has 3 rings (SSSR count). The zero-order chi connectivity index (χ0) is 21.7. The first-order chi connectivity index (χ1) is 14.3. The molecule has 2 aromatic rings. The molecule has 1 fully saturated rings. The number of hydrogen-bond acceptors (Lipinski definition) is 6. The Kier molecular flexibility index (Phi) is 7.23. The summed E-state index contributed by atoms with van der Waals surface area (Å²) in [5, 5.41) is 0.663. The minimum atomic E-state index is -3.61. The third-order valence-electron chi connectivity index (χ3n) is 4.87. The number of esters is 1. The number of carbonyl (C=O) groups is 1. The van der Waals surface area contributed by atoms with E-state index in [1.165, 1.54) is 28.6 Å². The van der Waals surface area contributed by atoms with Crippen molar-refractivity contribution in [3.05, 3.63) is 53.1 Å². The van der Waals surface area contributed by atoms with Crippen molar-refractivity contribution in [3.63, 3.8) is 0 Å². The van der Waals surface area contributed by atoms with Gasteiger partial charge in [-0.3, -0.25) is 0 Å². The highest BCUT2D eigenvalue weighted by molar-refractivity contribution is 7.89. The van der Waals surface area contributed by atoms with Crippen LogP contribution in [0.1, 0.15) is 12.5 Å². The Labute approximate surface area is 182 Å². The number of hydrogen-bond donors (Lipinski definition) is 0. The first-order valence-electron chi connectivity index (χ1n) is 9.71. The van der Waals surface area contributed by atoms with Gasteiger partial charge in [-0.1, -0.05) is 17.7 Å². The maximum absolute atomic E-state index is 13.0.